The van der Waals surface area contributed by atoms with Crippen LogP contribution in [0, 0.1) is 6.92 Å². The van der Waals surface area contributed by atoms with E-state index >= 15 is 0 Å². The van der Waals surface area contributed by atoms with E-state index in [1.807, 2.05) is 37.5 Å². The first-order valence-electron chi connectivity index (χ1n) is 9.67. The summed E-state index contributed by atoms with van der Waals surface area (Å²) in [6.07, 6.45) is 7.06. The minimum absolute atomic E-state index is 0.132. The Morgan fingerprint density at radius 2 is 1.77 bits per heavy atom. The summed E-state index contributed by atoms with van der Waals surface area (Å²) in [7, 11) is 0. The molecule has 2 aliphatic rings. The third kappa shape index (κ3) is 3.52. The maximum absolute atomic E-state index is 11.7. The fourth-order valence-corrected chi connectivity index (χ4v) is 4.42. The van der Waals surface area contributed by atoms with E-state index in [4.69, 9.17) is 0 Å². The zero-order valence-electron chi connectivity index (χ0n) is 15.5. The van der Waals surface area contributed by atoms with Crippen LogP contribution in [-0.4, -0.2) is 57.1 Å². The van der Waals surface area contributed by atoms with Crippen LogP contribution < -0.4 is 0 Å². The maximum Gasteiger partial charge on any atom is 0.125 e. The summed E-state index contributed by atoms with van der Waals surface area (Å²) in [5.41, 5.74) is 1.42. The summed E-state index contributed by atoms with van der Waals surface area (Å²) in [6, 6.07) is 10.4. The number of likely N-dealkylation sites (tertiary alicyclic amines) is 2. The largest absolute Gasteiger partial charge is 0.383 e. The fourth-order valence-electron chi connectivity index (χ4n) is 4.42. The Morgan fingerprint density at radius 1 is 1.08 bits per heavy atom. The molecular formula is C21H28N4O. The average Bonchev–Trinajstić information content (AvgIpc) is 3.20. The minimum atomic E-state index is -0.772. The molecule has 5 nitrogen and oxygen atoms in total. The van der Waals surface area contributed by atoms with Crippen molar-refractivity contribution >= 4 is 0 Å². The number of rotatable bonds is 4. The van der Waals surface area contributed by atoms with E-state index in [9.17, 15) is 5.11 Å². The molecule has 2 saturated heterocycles. The van der Waals surface area contributed by atoms with Gasteiger partial charge in [0.25, 0.3) is 0 Å². The lowest BCUT2D eigenvalue weighted by molar-refractivity contribution is -0.0959. The molecule has 3 heterocycles. The molecular weight excluding hydrogens is 324 g/mol. The number of hydrogen-bond donors (Lipinski definition) is 1. The van der Waals surface area contributed by atoms with Gasteiger partial charge in [0.1, 0.15) is 11.4 Å². The van der Waals surface area contributed by atoms with Crippen LogP contribution in [-0.2, 0) is 12.1 Å². The van der Waals surface area contributed by atoms with Gasteiger partial charge in [-0.1, -0.05) is 30.3 Å². The summed E-state index contributed by atoms with van der Waals surface area (Å²) in [5, 5.41) is 11.7. The number of nitrogens with zero attached hydrogens (tertiary/aromatic N) is 4. The number of aliphatic hydroxyl groups is 1. The molecule has 26 heavy (non-hydrogen) atoms. The highest BCUT2D eigenvalue weighted by atomic mass is 16.3. The van der Waals surface area contributed by atoms with Crippen LogP contribution in [0.25, 0.3) is 0 Å². The molecule has 4 rings (SSSR count). The van der Waals surface area contributed by atoms with Gasteiger partial charge in [-0.15, -0.1) is 0 Å². The van der Waals surface area contributed by atoms with E-state index in [2.05, 4.69) is 31.9 Å². The second-order valence-corrected chi connectivity index (χ2v) is 7.67. The molecule has 2 fully saturated rings. The lowest BCUT2D eigenvalue weighted by Gasteiger charge is -2.48. The number of aromatic nitrogens is 2. The number of hydrogen-bond acceptors (Lipinski definition) is 5. The van der Waals surface area contributed by atoms with Crippen LogP contribution in [0.2, 0.25) is 0 Å². The molecule has 2 aromatic rings. The van der Waals surface area contributed by atoms with Gasteiger partial charge in [0.05, 0.1) is 6.04 Å². The molecule has 0 amide bonds. The van der Waals surface area contributed by atoms with Crippen LogP contribution in [0.4, 0.5) is 0 Å². The third-order valence-electron chi connectivity index (χ3n) is 5.89. The minimum Gasteiger partial charge on any atom is -0.383 e. The van der Waals surface area contributed by atoms with Gasteiger partial charge >= 0.3 is 0 Å². The van der Waals surface area contributed by atoms with Crippen LogP contribution in [0.15, 0.2) is 42.7 Å². The molecule has 1 aromatic heterocycles. The van der Waals surface area contributed by atoms with E-state index in [0.29, 0.717) is 0 Å². The lowest BCUT2D eigenvalue weighted by Crippen LogP contribution is -2.60. The number of piperidine rings is 1. The number of benzene rings is 1. The van der Waals surface area contributed by atoms with Crippen molar-refractivity contribution in [1.29, 1.82) is 0 Å². The molecule has 1 N–H and O–H groups in total. The van der Waals surface area contributed by atoms with Crippen molar-refractivity contribution in [1.82, 2.24) is 19.8 Å². The zero-order valence-corrected chi connectivity index (χ0v) is 15.5. The molecule has 138 valence electrons. The Morgan fingerprint density at radius 3 is 2.46 bits per heavy atom. The zero-order chi connectivity index (χ0) is 18.0. The molecule has 5 heteroatoms. The monoisotopic (exact) mass is 352 g/mol. The first-order chi connectivity index (χ1) is 12.6. The molecule has 0 unspecified atom stereocenters. The summed E-state index contributed by atoms with van der Waals surface area (Å²) in [6.45, 7) is 6.68. The summed E-state index contributed by atoms with van der Waals surface area (Å²) in [5.74, 6) is 0.806. The molecule has 1 aromatic carbocycles. The van der Waals surface area contributed by atoms with Crippen molar-refractivity contribution in [3.63, 3.8) is 0 Å². The molecule has 0 radical (unpaired) electrons. The van der Waals surface area contributed by atoms with Crippen LogP contribution >= 0.6 is 0 Å². The standard InChI is InChI=1S/C21H28N4O/c1-17-22-13-18(14-23-17)15-24-12-9-21(26,19-7-3-2-4-8-19)20(16-24)25-10-5-6-11-25/h2-4,7-8,13-14,20,26H,5-6,9-12,15-16H2,1H3/t20-,21+/m1/s1. The van der Waals surface area contributed by atoms with Gasteiger partial charge in [-0.2, -0.15) is 0 Å². The second-order valence-electron chi connectivity index (χ2n) is 7.67. The van der Waals surface area contributed by atoms with Crippen molar-refractivity contribution in [2.45, 2.75) is 44.4 Å². The quantitative estimate of drug-likeness (QED) is 0.915. The third-order valence-corrected chi connectivity index (χ3v) is 5.89. The van der Waals surface area contributed by atoms with Crippen LogP contribution in [0.5, 0.6) is 0 Å². The Kier molecular flexibility index (Phi) is 5.02. The smallest absolute Gasteiger partial charge is 0.125 e. The Labute approximate surface area is 155 Å². The summed E-state index contributed by atoms with van der Waals surface area (Å²) < 4.78 is 0. The lowest BCUT2D eigenvalue weighted by atomic mass is 9.79. The highest BCUT2D eigenvalue weighted by Crippen LogP contribution is 2.37. The average molecular weight is 352 g/mol. The highest BCUT2D eigenvalue weighted by molar-refractivity contribution is 5.26. The topological polar surface area (TPSA) is 52.5 Å². The Bertz CT molecular complexity index is 715. The number of aryl methyl sites for hydroxylation is 1. The van der Waals surface area contributed by atoms with Gasteiger partial charge in [-0.25, -0.2) is 9.97 Å². The van der Waals surface area contributed by atoms with E-state index in [1.165, 1.54) is 12.8 Å². The fraction of sp³-hybridized carbons (Fsp3) is 0.524. The molecule has 2 aliphatic heterocycles. The predicted octanol–water partition coefficient (Wildman–Crippen LogP) is 2.34. The van der Waals surface area contributed by atoms with Crippen molar-refractivity contribution in [3.8, 4) is 0 Å². The van der Waals surface area contributed by atoms with E-state index in [1.54, 1.807) is 0 Å². The molecule has 0 spiro atoms. The first kappa shape index (κ1) is 17.6. The normalized spacial score (nSPS) is 27.7. The first-order valence-corrected chi connectivity index (χ1v) is 9.67. The SMILES string of the molecule is Cc1ncc(CN2CC[C@](O)(c3ccccc3)[C@H](N3CCCC3)C2)cn1. The highest BCUT2D eigenvalue weighted by Gasteiger charge is 2.46. The van der Waals surface area contributed by atoms with Crippen molar-refractivity contribution in [3.05, 3.63) is 59.7 Å². The molecule has 0 saturated carbocycles. The van der Waals surface area contributed by atoms with Gasteiger partial charge in [0, 0.05) is 37.6 Å². The van der Waals surface area contributed by atoms with Gasteiger partial charge < -0.3 is 5.11 Å². The van der Waals surface area contributed by atoms with Crippen molar-refractivity contribution in [2.75, 3.05) is 26.2 Å². The summed E-state index contributed by atoms with van der Waals surface area (Å²) >= 11 is 0. The van der Waals surface area contributed by atoms with Gasteiger partial charge in [-0.3, -0.25) is 9.80 Å². The van der Waals surface area contributed by atoms with Crippen molar-refractivity contribution in [2.24, 2.45) is 0 Å². The second kappa shape index (κ2) is 7.43. The Hall–Kier alpha value is -1.82. The van der Waals surface area contributed by atoms with Crippen molar-refractivity contribution < 1.29 is 5.11 Å². The van der Waals surface area contributed by atoms with Gasteiger partial charge in [0.2, 0.25) is 0 Å². The van der Waals surface area contributed by atoms with Crippen LogP contribution in [0.3, 0.4) is 0 Å². The van der Waals surface area contributed by atoms with E-state index in [-0.39, 0.29) is 6.04 Å². The Balaban J connectivity index is 1.55. The maximum atomic E-state index is 11.7. The van der Waals surface area contributed by atoms with E-state index in [0.717, 1.165) is 56.1 Å². The molecule has 2 atom stereocenters. The van der Waals surface area contributed by atoms with E-state index < -0.39 is 5.60 Å². The van der Waals surface area contributed by atoms with Gasteiger partial charge in [0.15, 0.2) is 0 Å². The van der Waals surface area contributed by atoms with Crippen LogP contribution in [0.1, 0.15) is 36.2 Å². The molecule has 0 bridgehead atoms. The molecule has 0 aliphatic carbocycles. The summed E-state index contributed by atoms with van der Waals surface area (Å²) in [4.78, 5) is 13.6. The predicted molar refractivity (Wildman–Crippen MR) is 102 cm³/mol. The van der Waals surface area contributed by atoms with Gasteiger partial charge in [-0.05, 0) is 44.8 Å².